The zero-order valence-electron chi connectivity index (χ0n) is 16.0. The van der Waals surface area contributed by atoms with Gasteiger partial charge in [0.2, 0.25) is 0 Å². The number of methoxy groups -OCH3 is 1. The molecule has 1 saturated heterocycles. The lowest BCUT2D eigenvalue weighted by Crippen LogP contribution is -2.31. The van der Waals surface area contributed by atoms with Gasteiger partial charge in [-0.1, -0.05) is 48.5 Å². The minimum atomic E-state index is -0.320. The van der Waals surface area contributed by atoms with Crippen molar-refractivity contribution in [3.05, 3.63) is 59.7 Å². The zero-order valence-corrected chi connectivity index (χ0v) is 16.0. The van der Waals surface area contributed by atoms with Crippen LogP contribution in [-0.4, -0.2) is 54.9 Å². The minimum absolute atomic E-state index is 0.0487. The molecular weight excluding hydrogens is 356 g/mol. The van der Waals surface area contributed by atoms with E-state index in [9.17, 15) is 9.59 Å². The standard InChI is InChI=1S/C21H24N4O3/c1-24-18(13-25(21(24)27)12-11-19(26)28-2)16-7-3-14(4-8-16)15-5-9-17(10-6-15)20(22)23/h3-10,18H,11-13H2,1-2H3,(H3,22,23). The number of nitrogens with zero attached hydrogens (tertiary/aromatic N) is 2. The summed E-state index contributed by atoms with van der Waals surface area (Å²) in [6.45, 7) is 0.895. The maximum Gasteiger partial charge on any atom is 0.320 e. The third kappa shape index (κ3) is 3.98. The summed E-state index contributed by atoms with van der Waals surface area (Å²) in [7, 11) is 3.12. The largest absolute Gasteiger partial charge is 0.469 e. The number of benzene rings is 2. The predicted molar refractivity (Wildman–Crippen MR) is 107 cm³/mol. The third-order valence-corrected chi connectivity index (χ3v) is 5.07. The fourth-order valence-corrected chi connectivity index (χ4v) is 3.35. The molecule has 1 aliphatic heterocycles. The summed E-state index contributed by atoms with van der Waals surface area (Å²) in [5, 5.41) is 7.47. The maximum atomic E-state index is 12.4. The number of nitrogens with one attached hydrogen (secondary N) is 1. The molecule has 7 heteroatoms. The average Bonchev–Trinajstić information content (AvgIpc) is 3.00. The first-order valence-corrected chi connectivity index (χ1v) is 9.04. The molecule has 2 amide bonds. The molecule has 146 valence electrons. The Hall–Kier alpha value is -3.35. The van der Waals surface area contributed by atoms with Crippen LogP contribution in [0.5, 0.6) is 0 Å². The highest BCUT2D eigenvalue weighted by atomic mass is 16.5. The molecule has 28 heavy (non-hydrogen) atoms. The molecule has 2 aromatic carbocycles. The molecule has 1 heterocycles. The highest BCUT2D eigenvalue weighted by Crippen LogP contribution is 2.30. The smallest absolute Gasteiger partial charge is 0.320 e. The Balaban J connectivity index is 1.71. The Bertz CT molecular complexity index is 878. The van der Waals surface area contributed by atoms with E-state index in [1.807, 2.05) is 48.5 Å². The van der Waals surface area contributed by atoms with E-state index in [4.69, 9.17) is 11.1 Å². The van der Waals surface area contributed by atoms with Gasteiger partial charge in [-0.3, -0.25) is 10.2 Å². The van der Waals surface area contributed by atoms with Gasteiger partial charge in [0.05, 0.1) is 19.6 Å². The van der Waals surface area contributed by atoms with E-state index in [0.29, 0.717) is 18.7 Å². The van der Waals surface area contributed by atoms with E-state index in [1.54, 1.807) is 16.8 Å². The molecule has 1 unspecified atom stereocenters. The lowest BCUT2D eigenvalue weighted by molar-refractivity contribution is -0.140. The van der Waals surface area contributed by atoms with Crippen molar-refractivity contribution in [3.63, 3.8) is 0 Å². The number of hydrogen-bond acceptors (Lipinski definition) is 4. The summed E-state index contributed by atoms with van der Waals surface area (Å²) in [4.78, 5) is 27.2. The van der Waals surface area contributed by atoms with Gasteiger partial charge in [-0.05, 0) is 16.7 Å². The van der Waals surface area contributed by atoms with Crippen molar-refractivity contribution >= 4 is 17.8 Å². The number of rotatable bonds is 6. The van der Waals surface area contributed by atoms with Crippen LogP contribution >= 0.6 is 0 Å². The predicted octanol–water partition coefficient (Wildman–Crippen LogP) is 2.61. The number of nitrogen functional groups attached to an aromatic ring is 1. The van der Waals surface area contributed by atoms with Gasteiger partial charge in [0, 0.05) is 25.7 Å². The van der Waals surface area contributed by atoms with E-state index in [-0.39, 0.29) is 30.3 Å². The number of hydrogen-bond donors (Lipinski definition) is 2. The number of nitrogens with two attached hydrogens (primary N) is 1. The lowest BCUT2D eigenvalue weighted by Gasteiger charge is -2.18. The lowest BCUT2D eigenvalue weighted by atomic mass is 9.99. The van der Waals surface area contributed by atoms with Crippen molar-refractivity contribution < 1.29 is 14.3 Å². The molecule has 1 aliphatic rings. The van der Waals surface area contributed by atoms with Crippen LogP contribution in [0.15, 0.2) is 48.5 Å². The van der Waals surface area contributed by atoms with Gasteiger partial charge >= 0.3 is 12.0 Å². The van der Waals surface area contributed by atoms with Crippen LogP contribution < -0.4 is 5.73 Å². The summed E-state index contributed by atoms with van der Waals surface area (Å²) in [6, 6.07) is 15.5. The van der Waals surface area contributed by atoms with E-state index in [0.717, 1.165) is 16.7 Å². The van der Waals surface area contributed by atoms with Gasteiger partial charge in [0.25, 0.3) is 0 Å². The van der Waals surface area contributed by atoms with Crippen LogP contribution in [0, 0.1) is 5.41 Å². The van der Waals surface area contributed by atoms with Gasteiger partial charge in [0.15, 0.2) is 0 Å². The molecule has 0 aliphatic carbocycles. The number of amidine groups is 1. The molecular formula is C21H24N4O3. The van der Waals surface area contributed by atoms with Crippen molar-refractivity contribution in [1.82, 2.24) is 9.80 Å². The summed E-state index contributed by atoms with van der Waals surface area (Å²) in [5.74, 6) is -0.272. The second-order valence-electron chi connectivity index (χ2n) is 6.79. The molecule has 1 fully saturated rings. The van der Waals surface area contributed by atoms with Gasteiger partial charge in [0.1, 0.15) is 5.84 Å². The number of amides is 2. The van der Waals surface area contributed by atoms with Crippen molar-refractivity contribution in [2.75, 3.05) is 27.2 Å². The first kappa shape index (κ1) is 19.4. The van der Waals surface area contributed by atoms with Crippen LogP contribution in [-0.2, 0) is 9.53 Å². The first-order valence-electron chi connectivity index (χ1n) is 9.04. The Kier molecular flexibility index (Phi) is 5.63. The maximum absolute atomic E-state index is 12.4. The van der Waals surface area contributed by atoms with Crippen LogP contribution in [0.4, 0.5) is 4.79 Å². The Morgan fingerprint density at radius 1 is 1.14 bits per heavy atom. The summed E-state index contributed by atoms with van der Waals surface area (Å²) in [6.07, 6.45) is 0.192. The SMILES string of the molecule is COC(=O)CCN1CC(c2ccc(-c3ccc(C(=N)N)cc3)cc2)N(C)C1=O. The van der Waals surface area contributed by atoms with Gasteiger partial charge < -0.3 is 20.3 Å². The molecule has 2 aromatic rings. The number of esters is 1. The molecule has 7 nitrogen and oxygen atoms in total. The van der Waals surface area contributed by atoms with Crippen LogP contribution in [0.1, 0.15) is 23.6 Å². The molecule has 3 N–H and O–H groups in total. The van der Waals surface area contributed by atoms with E-state index < -0.39 is 0 Å². The molecule has 0 radical (unpaired) electrons. The molecule has 0 bridgehead atoms. The van der Waals surface area contributed by atoms with Crippen molar-refractivity contribution in [2.45, 2.75) is 12.5 Å². The average molecular weight is 380 g/mol. The van der Waals surface area contributed by atoms with Crippen LogP contribution in [0.3, 0.4) is 0 Å². The van der Waals surface area contributed by atoms with Crippen molar-refractivity contribution in [2.24, 2.45) is 5.73 Å². The van der Waals surface area contributed by atoms with Gasteiger partial charge in [-0.25, -0.2) is 4.79 Å². The highest BCUT2D eigenvalue weighted by molar-refractivity contribution is 5.95. The number of urea groups is 1. The normalized spacial score (nSPS) is 16.4. The molecule has 1 atom stereocenters. The van der Waals surface area contributed by atoms with Crippen molar-refractivity contribution in [1.29, 1.82) is 5.41 Å². The van der Waals surface area contributed by atoms with Crippen LogP contribution in [0.25, 0.3) is 11.1 Å². The highest BCUT2D eigenvalue weighted by Gasteiger charge is 2.35. The van der Waals surface area contributed by atoms with E-state index in [2.05, 4.69) is 4.74 Å². The summed E-state index contributed by atoms with van der Waals surface area (Å²) in [5.41, 5.74) is 9.31. The van der Waals surface area contributed by atoms with Crippen LogP contribution in [0.2, 0.25) is 0 Å². The monoisotopic (exact) mass is 380 g/mol. The Morgan fingerprint density at radius 3 is 2.25 bits per heavy atom. The summed E-state index contributed by atoms with van der Waals surface area (Å²) < 4.78 is 4.65. The van der Waals surface area contributed by atoms with E-state index in [1.165, 1.54) is 7.11 Å². The minimum Gasteiger partial charge on any atom is -0.469 e. The number of carbonyl (C=O) groups excluding carboxylic acids is 2. The number of carbonyl (C=O) groups is 2. The first-order chi connectivity index (χ1) is 13.4. The molecule has 0 aromatic heterocycles. The second kappa shape index (κ2) is 8.12. The fraction of sp³-hybridized carbons (Fsp3) is 0.286. The molecule has 3 rings (SSSR count). The van der Waals surface area contributed by atoms with E-state index >= 15 is 0 Å². The van der Waals surface area contributed by atoms with Crippen molar-refractivity contribution in [3.8, 4) is 11.1 Å². The Labute approximate surface area is 164 Å². The summed E-state index contributed by atoms with van der Waals surface area (Å²) >= 11 is 0. The van der Waals surface area contributed by atoms with Gasteiger partial charge in [-0.2, -0.15) is 0 Å². The third-order valence-electron chi connectivity index (χ3n) is 5.07. The fourth-order valence-electron chi connectivity index (χ4n) is 3.35. The zero-order chi connectivity index (χ0) is 20.3. The van der Waals surface area contributed by atoms with Gasteiger partial charge in [-0.15, -0.1) is 0 Å². The second-order valence-corrected chi connectivity index (χ2v) is 6.79. The quantitative estimate of drug-likeness (QED) is 0.457. The number of ether oxygens (including phenoxy) is 1. The molecule has 0 spiro atoms. The molecule has 0 saturated carbocycles. The topological polar surface area (TPSA) is 99.7 Å². The number of likely N-dealkylation sites (N-methyl/N-ethyl adjacent to an activating group) is 1. The Morgan fingerprint density at radius 2 is 1.71 bits per heavy atom.